The molecule has 0 bridgehead atoms. The summed E-state index contributed by atoms with van der Waals surface area (Å²) in [6, 6.07) is 2.26. The van der Waals surface area contributed by atoms with Gasteiger partial charge in [-0.25, -0.2) is 4.79 Å². The molecule has 0 heterocycles. The van der Waals surface area contributed by atoms with Crippen LogP contribution in [0.2, 0.25) is 10.0 Å². The van der Waals surface area contributed by atoms with Crippen LogP contribution in [0.1, 0.15) is 24.2 Å². The molecule has 116 valence electrons. The van der Waals surface area contributed by atoms with Crippen LogP contribution in [0.15, 0.2) is 12.1 Å². The van der Waals surface area contributed by atoms with Crippen LogP contribution in [0.4, 0.5) is 5.69 Å². The van der Waals surface area contributed by atoms with E-state index in [4.69, 9.17) is 32.7 Å². The molecule has 0 atom stereocenters. The lowest BCUT2D eigenvalue weighted by Crippen LogP contribution is -2.13. The van der Waals surface area contributed by atoms with Crippen molar-refractivity contribution >= 4 is 34.9 Å². The molecule has 21 heavy (non-hydrogen) atoms. The minimum absolute atomic E-state index is 0.0278. The first-order valence-electron chi connectivity index (χ1n) is 6.21. The van der Waals surface area contributed by atoms with Gasteiger partial charge in [0, 0.05) is 12.7 Å². The molecule has 0 saturated heterocycles. The van der Waals surface area contributed by atoms with Gasteiger partial charge < -0.3 is 9.47 Å². The first-order valence-corrected chi connectivity index (χ1v) is 6.96. The summed E-state index contributed by atoms with van der Waals surface area (Å²) in [5, 5.41) is 10.5. The van der Waals surface area contributed by atoms with Gasteiger partial charge in [0.05, 0.1) is 22.1 Å². The van der Waals surface area contributed by atoms with Gasteiger partial charge in [0.15, 0.2) is 0 Å². The molecule has 0 aromatic heterocycles. The first-order chi connectivity index (χ1) is 9.82. The van der Waals surface area contributed by atoms with Crippen molar-refractivity contribution in [3.63, 3.8) is 0 Å². The molecular weight excluding hydrogens is 321 g/mol. The van der Waals surface area contributed by atoms with Gasteiger partial charge in [-0.2, -0.15) is 0 Å². The van der Waals surface area contributed by atoms with E-state index in [0.717, 1.165) is 6.07 Å². The number of benzene rings is 1. The summed E-state index contributed by atoms with van der Waals surface area (Å²) >= 11 is 11.5. The average Bonchev–Trinajstić information content (AvgIpc) is 2.40. The number of carbonyl (C=O) groups is 1. The number of carbonyl (C=O) groups excluding carboxylic acids is 1. The fraction of sp³-hybridized carbons (Fsp3) is 0.462. The zero-order chi connectivity index (χ0) is 16.0. The zero-order valence-corrected chi connectivity index (χ0v) is 13.1. The molecule has 0 N–H and O–H groups in total. The Morgan fingerprint density at radius 2 is 2.00 bits per heavy atom. The third-order valence-corrected chi connectivity index (χ3v) is 3.15. The van der Waals surface area contributed by atoms with Crippen molar-refractivity contribution < 1.29 is 19.2 Å². The molecule has 1 aromatic carbocycles. The summed E-state index contributed by atoms with van der Waals surface area (Å²) in [6.45, 7) is 4.88. The zero-order valence-electron chi connectivity index (χ0n) is 11.6. The maximum Gasteiger partial charge on any atom is 0.338 e. The molecular formula is C13H15Cl2NO5. The van der Waals surface area contributed by atoms with Gasteiger partial charge >= 0.3 is 5.97 Å². The smallest absolute Gasteiger partial charge is 0.338 e. The van der Waals surface area contributed by atoms with Crippen LogP contribution in [0.3, 0.4) is 0 Å². The normalized spacial score (nSPS) is 10.7. The fourth-order valence-electron chi connectivity index (χ4n) is 1.42. The van der Waals surface area contributed by atoms with E-state index in [9.17, 15) is 14.9 Å². The van der Waals surface area contributed by atoms with Crippen LogP contribution >= 0.6 is 23.2 Å². The minimum Gasteiger partial charge on any atom is -0.460 e. The largest absolute Gasteiger partial charge is 0.460 e. The Balaban J connectivity index is 2.64. The lowest BCUT2D eigenvalue weighted by molar-refractivity contribution is -0.384. The van der Waals surface area contributed by atoms with E-state index < -0.39 is 16.6 Å². The number of nitro benzene ring substituents is 1. The van der Waals surface area contributed by atoms with Crippen molar-refractivity contribution in [1.82, 2.24) is 0 Å². The Morgan fingerprint density at radius 1 is 1.33 bits per heavy atom. The topological polar surface area (TPSA) is 78.7 Å². The standard InChI is InChI=1S/C13H15Cl2NO5/c1-8(2)7-20-3-4-21-13(17)9-5-10(14)12(15)11(6-9)16(18)19/h5-6,8H,3-4,7H2,1-2H3. The van der Waals surface area contributed by atoms with E-state index in [1.807, 2.05) is 13.8 Å². The Hall–Kier alpha value is -1.37. The highest BCUT2D eigenvalue weighted by atomic mass is 35.5. The van der Waals surface area contributed by atoms with Crippen molar-refractivity contribution in [1.29, 1.82) is 0 Å². The lowest BCUT2D eigenvalue weighted by Gasteiger charge is -2.08. The van der Waals surface area contributed by atoms with Crippen LogP contribution in [0.5, 0.6) is 0 Å². The monoisotopic (exact) mass is 335 g/mol. The summed E-state index contributed by atoms with van der Waals surface area (Å²) in [7, 11) is 0. The van der Waals surface area contributed by atoms with Gasteiger partial charge in [0.25, 0.3) is 5.69 Å². The highest BCUT2D eigenvalue weighted by Gasteiger charge is 2.20. The first kappa shape index (κ1) is 17.7. The molecule has 1 rings (SSSR count). The lowest BCUT2D eigenvalue weighted by atomic mass is 10.2. The van der Waals surface area contributed by atoms with E-state index in [0.29, 0.717) is 12.5 Å². The van der Waals surface area contributed by atoms with E-state index in [1.54, 1.807) is 0 Å². The molecule has 1 aromatic rings. The highest BCUT2D eigenvalue weighted by molar-refractivity contribution is 6.43. The molecule has 0 fully saturated rings. The second-order valence-electron chi connectivity index (χ2n) is 4.65. The molecule has 0 radical (unpaired) electrons. The Kier molecular flexibility index (Phi) is 6.87. The van der Waals surface area contributed by atoms with Crippen molar-refractivity contribution in [3.05, 3.63) is 37.9 Å². The maximum atomic E-state index is 11.8. The molecule has 0 aliphatic heterocycles. The molecule has 0 saturated carbocycles. The molecule has 0 unspecified atom stereocenters. The summed E-state index contributed by atoms with van der Waals surface area (Å²) in [4.78, 5) is 21.9. The second kappa shape index (κ2) is 8.17. The summed E-state index contributed by atoms with van der Waals surface area (Å²) in [6.07, 6.45) is 0. The van der Waals surface area contributed by atoms with Crippen LogP contribution < -0.4 is 0 Å². The Labute approximate surface area is 132 Å². The number of hydrogen-bond donors (Lipinski definition) is 0. The van der Waals surface area contributed by atoms with Gasteiger partial charge in [-0.05, 0) is 12.0 Å². The van der Waals surface area contributed by atoms with Gasteiger partial charge in [-0.1, -0.05) is 37.0 Å². The number of nitro groups is 1. The third-order valence-electron chi connectivity index (χ3n) is 2.35. The van der Waals surface area contributed by atoms with Gasteiger partial charge in [-0.15, -0.1) is 0 Å². The molecule has 0 aliphatic rings. The predicted octanol–water partition coefficient (Wildman–Crippen LogP) is 3.73. The second-order valence-corrected chi connectivity index (χ2v) is 5.44. The maximum absolute atomic E-state index is 11.8. The van der Waals surface area contributed by atoms with Crippen molar-refractivity contribution in [3.8, 4) is 0 Å². The Bertz CT molecular complexity index is 534. The molecule has 6 nitrogen and oxygen atoms in total. The Morgan fingerprint density at radius 3 is 2.57 bits per heavy atom. The predicted molar refractivity (Wildman–Crippen MR) is 79.1 cm³/mol. The van der Waals surface area contributed by atoms with Crippen LogP contribution in [0.25, 0.3) is 0 Å². The summed E-state index contributed by atoms with van der Waals surface area (Å²) < 4.78 is 10.2. The molecule has 0 amide bonds. The van der Waals surface area contributed by atoms with E-state index in [2.05, 4.69) is 0 Å². The quantitative estimate of drug-likeness (QED) is 0.328. The summed E-state index contributed by atoms with van der Waals surface area (Å²) in [5.41, 5.74) is -0.466. The number of ether oxygens (including phenoxy) is 2. The SMILES string of the molecule is CC(C)COCCOC(=O)c1cc(Cl)c(Cl)c([N+](=O)[O-])c1. The number of esters is 1. The average molecular weight is 336 g/mol. The minimum atomic E-state index is -0.718. The molecule has 0 aliphatic carbocycles. The number of hydrogen-bond acceptors (Lipinski definition) is 5. The van der Waals surface area contributed by atoms with Crippen molar-refractivity contribution in [2.24, 2.45) is 5.92 Å². The molecule has 8 heteroatoms. The number of halogens is 2. The number of nitrogens with zero attached hydrogens (tertiary/aromatic N) is 1. The molecule has 0 spiro atoms. The van der Waals surface area contributed by atoms with Gasteiger partial charge in [0.2, 0.25) is 0 Å². The van der Waals surface area contributed by atoms with Crippen molar-refractivity contribution in [2.75, 3.05) is 19.8 Å². The number of rotatable bonds is 7. The fourth-order valence-corrected chi connectivity index (χ4v) is 1.81. The third kappa shape index (κ3) is 5.49. The van der Waals surface area contributed by atoms with E-state index in [1.165, 1.54) is 6.07 Å². The van der Waals surface area contributed by atoms with E-state index in [-0.39, 0.29) is 28.8 Å². The van der Waals surface area contributed by atoms with Crippen LogP contribution in [0, 0.1) is 16.0 Å². The summed E-state index contributed by atoms with van der Waals surface area (Å²) in [5.74, 6) is -0.330. The van der Waals surface area contributed by atoms with E-state index >= 15 is 0 Å². The van der Waals surface area contributed by atoms with Crippen LogP contribution in [-0.2, 0) is 9.47 Å². The highest BCUT2D eigenvalue weighted by Crippen LogP contribution is 2.33. The van der Waals surface area contributed by atoms with Crippen LogP contribution in [-0.4, -0.2) is 30.7 Å². The van der Waals surface area contributed by atoms with Crippen molar-refractivity contribution in [2.45, 2.75) is 13.8 Å². The van der Waals surface area contributed by atoms with Gasteiger partial charge in [-0.3, -0.25) is 10.1 Å². The van der Waals surface area contributed by atoms with Gasteiger partial charge in [0.1, 0.15) is 11.6 Å².